The van der Waals surface area contributed by atoms with Crippen LogP contribution in [0, 0.1) is 10.1 Å². The lowest BCUT2D eigenvalue weighted by Crippen LogP contribution is -2.02. The fraction of sp³-hybridized carbons (Fsp3) is 0.500. The maximum absolute atomic E-state index is 10.6. The van der Waals surface area contributed by atoms with Crippen molar-refractivity contribution < 1.29 is 10.0 Å². The first-order valence-electron chi connectivity index (χ1n) is 5.83. The molecule has 0 amide bonds. The molecule has 0 fully saturated rings. The highest BCUT2D eigenvalue weighted by Gasteiger charge is 2.04. The molecule has 1 aromatic carbocycles. The van der Waals surface area contributed by atoms with E-state index in [4.69, 9.17) is 5.11 Å². The van der Waals surface area contributed by atoms with Gasteiger partial charge in [0.25, 0.3) is 5.69 Å². The van der Waals surface area contributed by atoms with Crippen LogP contribution in [-0.4, -0.2) is 23.2 Å². The number of unbranched alkanes of at least 4 members (excludes halogenated alkanes) is 3. The first-order chi connectivity index (χ1) is 8.24. The Hall–Kier alpha value is -1.62. The fourth-order valence-corrected chi connectivity index (χ4v) is 1.55. The Bertz CT molecular complexity index is 355. The van der Waals surface area contributed by atoms with Crippen molar-refractivity contribution in [1.82, 2.24) is 0 Å². The number of hydrogen-bond donors (Lipinski definition) is 2. The highest BCUT2D eigenvalue weighted by atomic mass is 16.6. The van der Waals surface area contributed by atoms with Gasteiger partial charge in [-0.2, -0.15) is 0 Å². The molecule has 2 N–H and O–H groups in total. The van der Waals surface area contributed by atoms with E-state index in [-0.39, 0.29) is 12.3 Å². The minimum absolute atomic E-state index is 0.107. The van der Waals surface area contributed by atoms with Crippen LogP contribution >= 0.6 is 0 Å². The van der Waals surface area contributed by atoms with E-state index in [0.717, 1.165) is 37.9 Å². The number of nitro benzene ring substituents is 1. The molecule has 17 heavy (non-hydrogen) atoms. The van der Waals surface area contributed by atoms with Crippen LogP contribution in [-0.2, 0) is 0 Å². The van der Waals surface area contributed by atoms with Gasteiger partial charge in [0, 0.05) is 31.0 Å². The van der Waals surface area contributed by atoms with Crippen molar-refractivity contribution in [2.24, 2.45) is 0 Å². The third kappa shape index (κ3) is 5.31. The van der Waals surface area contributed by atoms with Crippen molar-refractivity contribution in [2.45, 2.75) is 25.7 Å². The lowest BCUT2D eigenvalue weighted by molar-refractivity contribution is -0.384. The summed E-state index contributed by atoms with van der Waals surface area (Å²) in [4.78, 5) is 10.2. The minimum Gasteiger partial charge on any atom is -0.396 e. The molecule has 0 aliphatic rings. The zero-order chi connectivity index (χ0) is 12.5. The molecule has 0 aromatic heterocycles. The van der Waals surface area contributed by atoms with Gasteiger partial charge >= 0.3 is 0 Å². The number of rotatable bonds is 8. The molecule has 1 rings (SSSR count). The van der Waals surface area contributed by atoms with Gasteiger partial charge < -0.3 is 10.4 Å². The van der Waals surface area contributed by atoms with Crippen molar-refractivity contribution in [3.8, 4) is 0 Å². The van der Waals surface area contributed by atoms with Crippen LogP contribution in [0.1, 0.15) is 25.7 Å². The molecule has 0 bridgehead atoms. The summed E-state index contributed by atoms with van der Waals surface area (Å²) in [7, 11) is 0. The summed E-state index contributed by atoms with van der Waals surface area (Å²) in [6.07, 6.45) is 3.93. The van der Waals surface area contributed by atoms with E-state index >= 15 is 0 Å². The Morgan fingerprint density at radius 1 is 1.24 bits per heavy atom. The summed E-state index contributed by atoms with van der Waals surface area (Å²) in [6, 6.07) is 6.51. The summed E-state index contributed by atoms with van der Waals surface area (Å²) < 4.78 is 0. The lowest BCUT2D eigenvalue weighted by Gasteiger charge is -2.05. The largest absolute Gasteiger partial charge is 0.396 e. The molecule has 0 saturated heterocycles. The molecule has 94 valence electrons. The van der Waals surface area contributed by atoms with Crippen LogP contribution in [0.25, 0.3) is 0 Å². The predicted molar refractivity (Wildman–Crippen MR) is 67.1 cm³/mol. The second kappa shape index (κ2) is 7.62. The van der Waals surface area contributed by atoms with Gasteiger partial charge in [0.1, 0.15) is 0 Å². The Morgan fingerprint density at radius 3 is 2.71 bits per heavy atom. The topological polar surface area (TPSA) is 75.4 Å². The van der Waals surface area contributed by atoms with Gasteiger partial charge in [0.05, 0.1) is 4.92 Å². The normalized spacial score (nSPS) is 10.2. The summed E-state index contributed by atoms with van der Waals surface area (Å²) in [6.45, 7) is 1.05. The number of non-ortho nitro benzene ring substituents is 1. The average Bonchev–Trinajstić information content (AvgIpc) is 2.34. The van der Waals surface area contributed by atoms with E-state index in [9.17, 15) is 10.1 Å². The molecule has 5 heteroatoms. The Labute approximate surface area is 101 Å². The maximum atomic E-state index is 10.6. The number of aliphatic hydroxyl groups is 1. The van der Waals surface area contributed by atoms with E-state index in [1.807, 2.05) is 6.07 Å². The first kappa shape index (κ1) is 13.4. The Morgan fingerprint density at radius 2 is 2.00 bits per heavy atom. The van der Waals surface area contributed by atoms with Gasteiger partial charge in [-0.25, -0.2) is 0 Å². The van der Waals surface area contributed by atoms with Crippen LogP contribution in [0.4, 0.5) is 11.4 Å². The molecule has 0 saturated carbocycles. The number of aliphatic hydroxyl groups excluding tert-OH is 1. The lowest BCUT2D eigenvalue weighted by atomic mass is 10.2. The minimum atomic E-state index is -0.396. The second-order valence-corrected chi connectivity index (χ2v) is 3.87. The molecule has 0 radical (unpaired) electrons. The van der Waals surface area contributed by atoms with Crippen LogP contribution in [0.5, 0.6) is 0 Å². The van der Waals surface area contributed by atoms with Crippen LogP contribution in [0.15, 0.2) is 24.3 Å². The molecule has 1 aromatic rings. The first-order valence-corrected chi connectivity index (χ1v) is 5.83. The molecule has 0 heterocycles. The summed E-state index contributed by atoms with van der Waals surface area (Å²) in [5.41, 5.74) is 0.886. The molecular weight excluding hydrogens is 220 g/mol. The van der Waals surface area contributed by atoms with Crippen LogP contribution in [0.2, 0.25) is 0 Å². The number of nitrogens with zero attached hydrogens (tertiary/aromatic N) is 1. The number of nitrogens with one attached hydrogen (secondary N) is 1. The molecule has 5 nitrogen and oxygen atoms in total. The zero-order valence-electron chi connectivity index (χ0n) is 9.76. The zero-order valence-corrected chi connectivity index (χ0v) is 9.76. The van der Waals surface area contributed by atoms with Crippen molar-refractivity contribution in [2.75, 3.05) is 18.5 Å². The van der Waals surface area contributed by atoms with Crippen molar-refractivity contribution in [3.63, 3.8) is 0 Å². The predicted octanol–water partition coefficient (Wildman–Crippen LogP) is 2.56. The van der Waals surface area contributed by atoms with Gasteiger partial charge in [-0.15, -0.1) is 0 Å². The highest BCUT2D eigenvalue weighted by Crippen LogP contribution is 2.16. The van der Waals surface area contributed by atoms with Crippen LogP contribution < -0.4 is 5.32 Å². The third-order valence-electron chi connectivity index (χ3n) is 2.47. The Balaban J connectivity index is 2.27. The molecule has 0 unspecified atom stereocenters. The molecule has 0 aliphatic heterocycles. The number of hydrogen-bond acceptors (Lipinski definition) is 4. The van der Waals surface area contributed by atoms with Crippen molar-refractivity contribution >= 4 is 11.4 Å². The maximum Gasteiger partial charge on any atom is 0.271 e. The van der Waals surface area contributed by atoms with Gasteiger partial charge in [-0.05, 0) is 18.9 Å². The van der Waals surface area contributed by atoms with Crippen molar-refractivity contribution in [3.05, 3.63) is 34.4 Å². The van der Waals surface area contributed by atoms with E-state index in [2.05, 4.69) is 5.32 Å². The summed E-state index contributed by atoms with van der Waals surface area (Å²) in [5.74, 6) is 0. The standard InChI is InChI=1S/C12H18N2O3/c15-9-4-2-1-3-8-13-11-6-5-7-12(10-11)14(16)17/h5-7,10,13,15H,1-4,8-9H2. The average molecular weight is 238 g/mol. The second-order valence-electron chi connectivity index (χ2n) is 3.87. The van der Waals surface area contributed by atoms with Gasteiger partial charge in [-0.3, -0.25) is 10.1 Å². The summed E-state index contributed by atoms with van der Waals surface area (Å²) >= 11 is 0. The van der Waals surface area contributed by atoms with Gasteiger partial charge in [-0.1, -0.05) is 18.9 Å². The van der Waals surface area contributed by atoms with E-state index in [1.54, 1.807) is 6.07 Å². The highest BCUT2D eigenvalue weighted by molar-refractivity contribution is 5.50. The fourth-order valence-electron chi connectivity index (χ4n) is 1.55. The molecular formula is C12H18N2O3. The molecule has 0 spiro atoms. The molecule has 0 atom stereocenters. The quantitative estimate of drug-likeness (QED) is 0.414. The van der Waals surface area contributed by atoms with Crippen molar-refractivity contribution in [1.29, 1.82) is 0 Å². The smallest absolute Gasteiger partial charge is 0.271 e. The Kier molecular flexibility index (Phi) is 6.03. The van der Waals surface area contributed by atoms with Gasteiger partial charge in [0.2, 0.25) is 0 Å². The monoisotopic (exact) mass is 238 g/mol. The van der Waals surface area contributed by atoms with Gasteiger partial charge in [0.15, 0.2) is 0 Å². The number of anilines is 1. The number of benzene rings is 1. The molecule has 0 aliphatic carbocycles. The summed E-state index contributed by atoms with van der Waals surface area (Å²) in [5, 5.41) is 22.3. The third-order valence-corrected chi connectivity index (χ3v) is 2.47. The van der Waals surface area contributed by atoms with E-state index < -0.39 is 4.92 Å². The van der Waals surface area contributed by atoms with E-state index in [1.165, 1.54) is 12.1 Å². The van der Waals surface area contributed by atoms with E-state index in [0.29, 0.717) is 0 Å². The number of nitro groups is 1. The van der Waals surface area contributed by atoms with Crippen LogP contribution in [0.3, 0.4) is 0 Å². The SMILES string of the molecule is O=[N+]([O-])c1cccc(NCCCCCCO)c1.